The van der Waals surface area contributed by atoms with Crippen molar-refractivity contribution in [2.45, 2.75) is 63.1 Å². The molecule has 1 N–H and O–H groups in total. The van der Waals surface area contributed by atoms with E-state index in [1.54, 1.807) is 32.9 Å². The summed E-state index contributed by atoms with van der Waals surface area (Å²) in [4.78, 5) is 26.8. The van der Waals surface area contributed by atoms with Gasteiger partial charge in [0.25, 0.3) is 0 Å². The number of rotatable bonds is 4. The summed E-state index contributed by atoms with van der Waals surface area (Å²) in [6, 6.07) is 6.18. The van der Waals surface area contributed by atoms with E-state index in [0.29, 0.717) is 5.02 Å². The van der Waals surface area contributed by atoms with Crippen molar-refractivity contribution < 1.29 is 23.5 Å². The summed E-state index contributed by atoms with van der Waals surface area (Å²) < 4.78 is 25.1. The lowest BCUT2D eigenvalue weighted by molar-refractivity contribution is -0.130. The number of benzene rings is 1. The molecule has 2 fully saturated rings. The van der Waals surface area contributed by atoms with Crippen LogP contribution in [-0.2, 0) is 19.8 Å². The molecule has 2 amide bonds. The summed E-state index contributed by atoms with van der Waals surface area (Å²) in [7, 11) is 1.33. The summed E-state index contributed by atoms with van der Waals surface area (Å²) in [5, 5.41) is 3.57. The summed E-state index contributed by atoms with van der Waals surface area (Å²) in [6.45, 7) is 4.90. The fraction of sp³-hybridized carbons (Fsp3) is 0.600. The van der Waals surface area contributed by atoms with E-state index in [4.69, 9.17) is 21.1 Å². The average Bonchev–Trinajstić information content (AvgIpc) is 3.28. The second kappa shape index (κ2) is 7.52. The molecule has 1 aromatic carbocycles. The van der Waals surface area contributed by atoms with E-state index in [-0.39, 0.29) is 6.54 Å². The lowest BCUT2D eigenvalue weighted by Crippen LogP contribution is -2.54. The normalized spacial score (nSPS) is 26.1. The van der Waals surface area contributed by atoms with E-state index < -0.39 is 41.5 Å². The van der Waals surface area contributed by atoms with E-state index in [2.05, 4.69) is 5.32 Å². The van der Waals surface area contributed by atoms with Gasteiger partial charge in [-0.2, -0.15) is 0 Å². The quantitative estimate of drug-likeness (QED) is 0.822. The number of amides is 2. The fourth-order valence-corrected chi connectivity index (χ4v) is 3.75. The number of nitrogens with one attached hydrogen (secondary N) is 1. The lowest BCUT2D eigenvalue weighted by atomic mass is 10.0. The molecule has 0 bridgehead atoms. The lowest BCUT2D eigenvalue weighted by Gasteiger charge is -2.30. The summed E-state index contributed by atoms with van der Waals surface area (Å²) in [6.07, 6.45) is -1.77. The van der Waals surface area contributed by atoms with Crippen LogP contribution >= 0.6 is 11.6 Å². The zero-order valence-electron chi connectivity index (χ0n) is 16.5. The number of carbonyl (C=O) groups is 2. The zero-order chi connectivity index (χ0) is 20.7. The van der Waals surface area contributed by atoms with Crippen LogP contribution in [0.25, 0.3) is 0 Å². The SMILES string of the molecule is CO[C@H]1[C@@H](C(=O)NC2(c3cccc(Cl)c3)CC2)N(C(=O)OC(C)(C)C)C[C@@H]1F. The first-order valence-electron chi connectivity index (χ1n) is 9.31. The number of alkyl halides is 1. The summed E-state index contributed by atoms with van der Waals surface area (Å²) in [5.74, 6) is -0.463. The van der Waals surface area contributed by atoms with Gasteiger partial charge < -0.3 is 14.8 Å². The zero-order valence-corrected chi connectivity index (χ0v) is 17.3. The Morgan fingerprint density at radius 3 is 2.54 bits per heavy atom. The van der Waals surface area contributed by atoms with Crippen molar-refractivity contribution in [2.24, 2.45) is 0 Å². The molecule has 0 spiro atoms. The molecule has 2 aliphatic rings. The van der Waals surface area contributed by atoms with Gasteiger partial charge in [-0.15, -0.1) is 0 Å². The molecule has 154 valence electrons. The third-order valence-corrected chi connectivity index (χ3v) is 5.27. The van der Waals surface area contributed by atoms with E-state index in [1.807, 2.05) is 12.1 Å². The Balaban J connectivity index is 1.81. The molecule has 1 heterocycles. The predicted molar refractivity (Wildman–Crippen MR) is 103 cm³/mol. The van der Waals surface area contributed by atoms with Crippen molar-refractivity contribution in [2.75, 3.05) is 13.7 Å². The van der Waals surface area contributed by atoms with Gasteiger partial charge >= 0.3 is 6.09 Å². The van der Waals surface area contributed by atoms with E-state index in [9.17, 15) is 14.0 Å². The van der Waals surface area contributed by atoms with Crippen LogP contribution in [0.5, 0.6) is 0 Å². The number of hydrogen-bond acceptors (Lipinski definition) is 4. The van der Waals surface area contributed by atoms with Gasteiger partial charge in [0, 0.05) is 12.1 Å². The van der Waals surface area contributed by atoms with Gasteiger partial charge in [0.15, 0.2) is 0 Å². The minimum Gasteiger partial charge on any atom is -0.444 e. The van der Waals surface area contributed by atoms with Crippen LogP contribution in [-0.4, -0.2) is 54.5 Å². The highest BCUT2D eigenvalue weighted by Gasteiger charge is 2.53. The largest absolute Gasteiger partial charge is 0.444 e. The summed E-state index contributed by atoms with van der Waals surface area (Å²) >= 11 is 6.08. The van der Waals surface area contributed by atoms with Crippen LogP contribution in [0.1, 0.15) is 39.2 Å². The molecule has 1 saturated carbocycles. The van der Waals surface area contributed by atoms with Gasteiger partial charge in [-0.05, 0) is 51.3 Å². The van der Waals surface area contributed by atoms with Crippen LogP contribution < -0.4 is 5.32 Å². The van der Waals surface area contributed by atoms with Gasteiger partial charge in [-0.3, -0.25) is 9.69 Å². The number of hydrogen-bond donors (Lipinski definition) is 1. The maximum Gasteiger partial charge on any atom is 0.411 e. The minimum atomic E-state index is -1.48. The molecule has 0 unspecified atom stereocenters. The molecule has 6 nitrogen and oxygen atoms in total. The van der Waals surface area contributed by atoms with Crippen molar-refractivity contribution in [3.63, 3.8) is 0 Å². The van der Waals surface area contributed by atoms with Crippen molar-refractivity contribution in [3.8, 4) is 0 Å². The third kappa shape index (κ3) is 4.25. The molecule has 0 aromatic heterocycles. The highest BCUT2D eigenvalue weighted by atomic mass is 35.5. The van der Waals surface area contributed by atoms with Crippen molar-refractivity contribution in [1.29, 1.82) is 0 Å². The van der Waals surface area contributed by atoms with Gasteiger partial charge in [0.05, 0.1) is 12.1 Å². The predicted octanol–water partition coefficient (Wildman–Crippen LogP) is 3.42. The average molecular weight is 413 g/mol. The van der Waals surface area contributed by atoms with Gasteiger partial charge in [-0.25, -0.2) is 9.18 Å². The molecule has 0 radical (unpaired) electrons. The van der Waals surface area contributed by atoms with Gasteiger partial charge in [0.1, 0.15) is 23.9 Å². The molecule has 1 aliphatic heterocycles. The van der Waals surface area contributed by atoms with Crippen molar-refractivity contribution in [1.82, 2.24) is 10.2 Å². The molecule has 1 aliphatic carbocycles. The number of likely N-dealkylation sites (tertiary alicyclic amines) is 1. The molecular weight excluding hydrogens is 387 g/mol. The van der Waals surface area contributed by atoms with Crippen LogP contribution in [0.15, 0.2) is 24.3 Å². The Hall–Kier alpha value is -1.86. The molecule has 28 heavy (non-hydrogen) atoms. The number of halogens is 2. The molecule has 1 saturated heterocycles. The monoisotopic (exact) mass is 412 g/mol. The van der Waals surface area contributed by atoms with E-state index in [0.717, 1.165) is 23.3 Å². The van der Waals surface area contributed by atoms with E-state index in [1.165, 1.54) is 7.11 Å². The van der Waals surface area contributed by atoms with Gasteiger partial charge in [-0.1, -0.05) is 23.7 Å². The number of methoxy groups -OCH3 is 1. The maximum atomic E-state index is 14.5. The molecular formula is C20H26ClFN2O4. The van der Waals surface area contributed by atoms with Crippen molar-refractivity contribution in [3.05, 3.63) is 34.9 Å². The summed E-state index contributed by atoms with van der Waals surface area (Å²) in [5.41, 5.74) is -0.414. The first kappa shape index (κ1) is 20.9. The first-order chi connectivity index (χ1) is 13.1. The van der Waals surface area contributed by atoms with Gasteiger partial charge in [0.2, 0.25) is 5.91 Å². The number of nitrogens with zero attached hydrogens (tertiary/aromatic N) is 1. The standard InChI is InChI=1S/C20H26ClFN2O4/c1-19(2,3)28-18(26)24-11-14(22)16(27-4)15(24)17(25)23-20(8-9-20)12-6-5-7-13(21)10-12/h5-7,10,14-16H,8-9,11H2,1-4H3,(H,23,25)/t14-,15-,16+/m0/s1. The van der Waals surface area contributed by atoms with E-state index >= 15 is 0 Å². The number of carbonyl (C=O) groups excluding carboxylic acids is 2. The van der Waals surface area contributed by atoms with Crippen LogP contribution in [0, 0.1) is 0 Å². The number of ether oxygens (including phenoxy) is 2. The highest BCUT2D eigenvalue weighted by molar-refractivity contribution is 6.30. The molecule has 3 rings (SSSR count). The third-order valence-electron chi connectivity index (χ3n) is 5.03. The maximum absolute atomic E-state index is 14.5. The Kier molecular flexibility index (Phi) is 5.60. The van der Waals surface area contributed by atoms with Crippen LogP contribution in [0.4, 0.5) is 9.18 Å². The molecule has 3 atom stereocenters. The highest BCUT2D eigenvalue weighted by Crippen LogP contribution is 2.46. The molecule has 8 heteroatoms. The fourth-order valence-electron chi connectivity index (χ4n) is 3.56. The molecule has 1 aromatic rings. The topological polar surface area (TPSA) is 67.9 Å². The smallest absolute Gasteiger partial charge is 0.411 e. The van der Waals surface area contributed by atoms with Crippen LogP contribution in [0.3, 0.4) is 0 Å². The Labute approximate surface area is 169 Å². The Morgan fingerprint density at radius 1 is 1.32 bits per heavy atom. The first-order valence-corrected chi connectivity index (χ1v) is 9.69. The van der Waals surface area contributed by atoms with Crippen LogP contribution in [0.2, 0.25) is 5.02 Å². The second-order valence-electron chi connectivity index (χ2n) is 8.38. The Bertz CT molecular complexity index is 763. The van der Waals surface area contributed by atoms with Crippen molar-refractivity contribution >= 4 is 23.6 Å². The minimum absolute atomic E-state index is 0.254. The Morgan fingerprint density at radius 2 is 2.00 bits per heavy atom. The second-order valence-corrected chi connectivity index (χ2v) is 8.81.